The number of esters is 1. The average molecular weight is 591 g/mol. The highest BCUT2D eigenvalue weighted by molar-refractivity contribution is 5.96. The molecule has 0 aromatic carbocycles. The largest absolute Gasteiger partial charge is 0.469 e. The Hall–Kier alpha value is -4.98. The highest BCUT2D eigenvalue weighted by atomic mass is 16.5. The summed E-state index contributed by atoms with van der Waals surface area (Å²) in [6, 6.07) is 8.24. The number of aromatic amines is 2. The summed E-state index contributed by atoms with van der Waals surface area (Å²) in [5, 5.41) is 0. The first kappa shape index (κ1) is 30.5. The Kier molecular flexibility index (Phi) is 8.81. The monoisotopic (exact) mass is 590 g/mol. The predicted molar refractivity (Wildman–Crippen MR) is 178 cm³/mol. The van der Waals surface area contributed by atoms with Crippen LogP contribution in [0.1, 0.15) is 84.6 Å². The molecule has 44 heavy (non-hydrogen) atoms. The highest BCUT2D eigenvalue weighted by Crippen LogP contribution is 2.38. The van der Waals surface area contributed by atoms with Gasteiger partial charge in [0.1, 0.15) is 0 Å². The van der Waals surface area contributed by atoms with E-state index in [9.17, 15) is 9.59 Å². The van der Waals surface area contributed by atoms with Crippen LogP contribution in [0.4, 0.5) is 0 Å². The van der Waals surface area contributed by atoms with E-state index in [1.165, 1.54) is 7.11 Å². The van der Waals surface area contributed by atoms with Gasteiger partial charge in [-0.05, 0) is 105 Å². The van der Waals surface area contributed by atoms with Gasteiger partial charge in [-0.15, -0.1) is 0 Å². The molecule has 0 unspecified atom stereocenters. The number of ether oxygens (including phenoxy) is 2. The Bertz CT molecular complexity index is 1920. The van der Waals surface area contributed by atoms with E-state index in [0.717, 1.165) is 89.4 Å². The van der Waals surface area contributed by atoms with Crippen molar-refractivity contribution in [1.29, 1.82) is 0 Å². The molecule has 2 N–H and O–H groups in total. The lowest BCUT2D eigenvalue weighted by atomic mass is 9.98. The van der Waals surface area contributed by atoms with Crippen molar-refractivity contribution in [2.24, 2.45) is 0 Å². The van der Waals surface area contributed by atoms with Gasteiger partial charge in [-0.25, -0.2) is 9.97 Å². The number of allylic oxidation sites excluding steroid dienone is 4. The fourth-order valence-corrected chi connectivity index (χ4v) is 6.01. The third kappa shape index (κ3) is 5.67. The number of hydrogen-bond donors (Lipinski definition) is 2. The Balaban J connectivity index is 1.87. The Morgan fingerprint density at radius 2 is 1.30 bits per heavy atom. The lowest BCUT2D eigenvalue weighted by Crippen LogP contribution is -2.00. The summed E-state index contributed by atoms with van der Waals surface area (Å²) in [5.41, 5.74) is 15.2. The SMILES string of the molecule is C=Cc1c(C)c2cc3[nH]c(cc4nc(cc5nc(cc1[nH]2)C(C)=C5CCC(=O)OC)C(CCCOC=O)=C4C)c(C)c3C=C. The lowest BCUT2D eigenvalue weighted by molar-refractivity contribution is -0.140. The second-order valence-corrected chi connectivity index (χ2v) is 11.1. The van der Waals surface area contributed by atoms with Gasteiger partial charge in [-0.1, -0.05) is 25.3 Å². The van der Waals surface area contributed by atoms with Crippen molar-refractivity contribution in [2.75, 3.05) is 13.7 Å². The van der Waals surface area contributed by atoms with E-state index in [1.54, 1.807) is 0 Å². The number of aryl methyl sites for hydroxylation is 2. The third-order valence-corrected chi connectivity index (χ3v) is 8.61. The van der Waals surface area contributed by atoms with Crippen molar-refractivity contribution >= 4 is 69.0 Å². The Morgan fingerprint density at radius 3 is 1.84 bits per heavy atom. The summed E-state index contributed by atoms with van der Waals surface area (Å²) in [5.74, 6) is -0.274. The van der Waals surface area contributed by atoms with Crippen LogP contribution in [-0.4, -0.2) is 46.1 Å². The van der Waals surface area contributed by atoms with Gasteiger partial charge in [-0.3, -0.25) is 9.59 Å². The van der Waals surface area contributed by atoms with Crippen LogP contribution in [0.15, 0.2) is 37.4 Å². The number of hydrogen-bond acceptors (Lipinski definition) is 6. The van der Waals surface area contributed by atoms with Gasteiger partial charge in [0.25, 0.3) is 6.47 Å². The van der Waals surface area contributed by atoms with Crippen LogP contribution in [0.2, 0.25) is 0 Å². The van der Waals surface area contributed by atoms with Gasteiger partial charge >= 0.3 is 5.97 Å². The molecule has 0 aliphatic carbocycles. The minimum Gasteiger partial charge on any atom is -0.469 e. The molecule has 226 valence electrons. The smallest absolute Gasteiger partial charge is 0.305 e. The summed E-state index contributed by atoms with van der Waals surface area (Å²) < 4.78 is 9.92. The van der Waals surface area contributed by atoms with Crippen molar-refractivity contribution in [1.82, 2.24) is 19.9 Å². The number of nitrogens with one attached hydrogen (secondary N) is 2. The molecule has 3 aromatic rings. The molecule has 0 amide bonds. The van der Waals surface area contributed by atoms with Crippen LogP contribution in [0.5, 0.6) is 0 Å². The molecular formula is C36H38N4O4. The van der Waals surface area contributed by atoms with Gasteiger partial charge < -0.3 is 19.4 Å². The molecule has 0 atom stereocenters. The van der Waals surface area contributed by atoms with E-state index in [0.29, 0.717) is 32.3 Å². The second-order valence-electron chi connectivity index (χ2n) is 11.1. The van der Waals surface area contributed by atoms with Gasteiger partial charge in [0.2, 0.25) is 0 Å². The summed E-state index contributed by atoms with van der Waals surface area (Å²) in [6.45, 7) is 17.2. The van der Waals surface area contributed by atoms with E-state index in [4.69, 9.17) is 19.4 Å². The lowest BCUT2D eigenvalue weighted by Gasteiger charge is -2.06. The predicted octanol–water partition coefficient (Wildman–Crippen LogP) is 7.99. The molecule has 8 heteroatoms. The quantitative estimate of drug-likeness (QED) is 0.141. The van der Waals surface area contributed by atoms with Crippen molar-refractivity contribution < 1.29 is 19.1 Å². The normalized spacial score (nSPS) is 12.8. The van der Waals surface area contributed by atoms with E-state index in [-0.39, 0.29) is 12.4 Å². The minimum atomic E-state index is -0.274. The number of H-pyrrole nitrogens is 2. The van der Waals surface area contributed by atoms with Crippen LogP contribution in [0.3, 0.4) is 0 Å². The molecule has 0 radical (unpaired) electrons. The molecule has 0 spiro atoms. The van der Waals surface area contributed by atoms with E-state index >= 15 is 0 Å². The van der Waals surface area contributed by atoms with Gasteiger partial charge in [0, 0.05) is 39.6 Å². The molecule has 8 nitrogen and oxygen atoms in total. The van der Waals surface area contributed by atoms with Crippen molar-refractivity contribution in [3.05, 3.63) is 82.5 Å². The molecule has 0 saturated heterocycles. The maximum atomic E-state index is 12.2. The minimum absolute atomic E-state index is 0.240. The van der Waals surface area contributed by atoms with E-state index in [2.05, 4.69) is 56.0 Å². The molecule has 2 aliphatic rings. The number of aromatic nitrogens is 4. The zero-order chi connectivity index (χ0) is 31.5. The number of fused-ring (bicyclic) bond motifs is 8. The van der Waals surface area contributed by atoms with Crippen LogP contribution >= 0.6 is 0 Å². The van der Waals surface area contributed by atoms with Gasteiger partial charge in [0.05, 0.1) is 36.5 Å². The molecule has 0 saturated carbocycles. The standard InChI is InChI=1S/C36H38N4O4/c1-8-24-20(3)28-15-29-22(5)26(11-10-14-44-19-41)34(39-29)18-35-27(12-13-36(42)43-7)23(6)31(40-35)17-33-25(9-2)21(4)30(38-33)16-32(24)37-28/h8-9,15-19,37-38H,1-2,10-14H2,3-7H3. The average Bonchev–Trinajstić information content (AvgIpc) is 3.67. The number of carbonyl (C=O) groups is 2. The first-order chi connectivity index (χ1) is 21.2. The number of rotatable bonds is 10. The maximum Gasteiger partial charge on any atom is 0.305 e. The Morgan fingerprint density at radius 1 is 0.773 bits per heavy atom. The molecule has 3 aromatic heterocycles. The summed E-state index contributed by atoms with van der Waals surface area (Å²) in [4.78, 5) is 40.3. The van der Waals surface area contributed by atoms with E-state index < -0.39 is 0 Å². The number of carbonyl (C=O) groups excluding carboxylic acids is 2. The number of nitrogens with zero attached hydrogens (tertiary/aromatic N) is 2. The maximum absolute atomic E-state index is 12.2. The van der Waals surface area contributed by atoms with Crippen LogP contribution in [-0.2, 0) is 19.1 Å². The fourth-order valence-electron chi connectivity index (χ4n) is 6.01. The summed E-state index contributed by atoms with van der Waals surface area (Å²) >= 11 is 0. The second kappa shape index (κ2) is 12.7. The highest BCUT2D eigenvalue weighted by Gasteiger charge is 2.22. The molecule has 8 bridgehead atoms. The van der Waals surface area contributed by atoms with Crippen molar-refractivity contribution in [3.8, 4) is 0 Å². The van der Waals surface area contributed by atoms with Crippen LogP contribution in [0, 0.1) is 13.8 Å². The van der Waals surface area contributed by atoms with Gasteiger partial charge in [-0.2, -0.15) is 0 Å². The fraction of sp³-hybridized carbons (Fsp3) is 0.278. The zero-order valence-electron chi connectivity index (χ0n) is 26.0. The zero-order valence-corrected chi connectivity index (χ0v) is 26.0. The van der Waals surface area contributed by atoms with Crippen molar-refractivity contribution in [3.63, 3.8) is 0 Å². The first-order valence-electron chi connectivity index (χ1n) is 14.7. The van der Waals surface area contributed by atoms with Crippen molar-refractivity contribution in [2.45, 2.75) is 53.4 Å². The number of methoxy groups -OCH3 is 1. The van der Waals surface area contributed by atoms with Gasteiger partial charge in [0.15, 0.2) is 0 Å². The summed E-state index contributed by atoms with van der Waals surface area (Å²) in [7, 11) is 1.40. The molecule has 2 aliphatic heterocycles. The summed E-state index contributed by atoms with van der Waals surface area (Å²) in [6.07, 6.45) is 5.80. The molecule has 5 rings (SSSR count). The first-order valence-corrected chi connectivity index (χ1v) is 14.7. The van der Waals surface area contributed by atoms with E-state index in [1.807, 2.05) is 31.2 Å². The van der Waals surface area contributed by atoms with Crippen LogP contribution < -0.4 is 0 Å². The topological polar surface area (TPSA) is 110 Å². The third-order valence-electron chi connectivity index (χ3n) is 8.61. The van der Waals surface area contributed by atoms with Crippen LogP contribution in [0.25, 0.3) is 56.5 Å². The molecule has 0 fully saturated rings. The molecule has 5 heterocycles. The Labute approximate surface area is 257 Å². The molecular weight excluding hydrogens is 552 g/mol.